The minimum atomic E-state index is -0.420. The highest BCUT2D eigenvalue weighted by Gasteiger charge is 2.47. The molecule has 0 unspecified atom stereocenters. The third-order valence-electron chi connectivity index (χ3n) is 6.98. The van der Waals surface area contributed by atoms with Crippen molar-refractivity contribution in [3.63, 3.8) is 0 Å². The van der Waals surface area contributed by atoms with E-state index in [1.165, 1.54) is 44.5 Å². The van der Waals surface area contributed by atoms with Crippen molar-refractivity contribution in [2.75, 3.05) is 0 Å². The Labute approximate surface area is 207 Å². The largest absolute Gasteiger partial charge is 0.0719 e. The molecule has 0 fully saturated rings. The third kappa shape index (κ3) is 3.55. The molecule has 0 heteroatoms. The van der Waals surface area contributed by atoms with Gasteiger partial charge in [0.05, 0.1) is 5.41 Å². The summed E-state index contributed by atoms with van der Waals surface area (Å²) in [6.07, 6.45) is 4.55. The maximum absolute atomic E-state index is 2.31. The second-order valence-electron chi connectivity index (χ2n) is 8.93. The fraction of sp³-hybridized carbons (Fsp3) is 0.0286. The van der Waals surface area contributed by atoms with E-state index in [4.69, 9.17) is 0 Å². The average molecular weight is 447 g/mol. The summed E-state index contributed by atoms with van der Waals surface area (Å²) in [6.45, 7) is 0. The first kappa shape index (κ1) is 21.1. The zero-order valence-electron chi connectivity index (χ0n) is 19.5. The van der Waals surface area contributed by atoms with Crippen molar-refractivity contribution in [2.24, 2.45) is 0 Å². The van der Waals surface area contributed by atoms with Crippen LogP contribution in [0.2, 0.25) is 0 Å². The highest BCUT2D eigenvalue weighted by atomic mass is 14.5. The fourth-order valence-corrected chi connectivity index (χ4v) is 5.55. The van der Waals surface area contributed by atoms with Crippen LogP contribution in [0.25, 0.3) is 17.2 Å². The van der Waals surface area contributed by atoms with Crippen LogP contribution in [0.1, 0.15) is 33.4 Å². The number of hydrogen-bond donors (Lipinski definition) is 0. The van der Waals surface area contributed by atoms with Gasteiger partial charge in [-0.15, -0.1) is 0 Å². The van der Waals surface area contributed by atoms with Gasteiger partial charge in [0, 0.05) is 0 Å². The van der Waals surface area contributed by atoms with Crippen LogP contribution in [-0.4, -0.2) is 0 Å². The van der Waals surface area contributed by atoms with Gasteiger partial charge in [-0.05, 0) is 44.5 Å². The Morgan fingerprint density at radius 2 is 0.914 bits per heavy atom. The van der Waals surface area contributed by atoms with E-state index in [1.54, 1.807) is 0 Å². The van der Waals surface area contributed by atoms with Crippen LogP contribution in [-0.2, 0) is 5.41 Å². The minimum Gasteiger partial charge on any atom is -0.0622 e. The van der Waals surface area contributed by atoms with Gasteiger partial charge in [0.2, 0.25) is 0 Å². The quantitative estimate of drug-likeness (QED) is 0.253. The van der Waals surface area contributed by atoms with Crippen molar-refractivity contribution in [2.45, 2.75) is 5.41 Å². The molecule has 0 atom stereocenters. The van der Waals surface area contributed by atoms with Crippen molar-refractivity contribution in [1.82, 2.24) is 0 Å². The van der Waals surface area contributed by atoms with E-state index in [9.17, 15) is 0 Å². The lowest BCUT2D eigenvalue weighted by molar-refractivity contribution is 0.814. The maximum Gasteiger partial charge on any atom is 0.0719 e. The predicted molar refractivity (Wildman–Crippen MR) is 148 cm³/mol. The molecule has 0 aliphatic heterocycles. The van der Waals surface area contributed by atoms with Crippen molar-refractivity contribution in [3.05, 3.63) is 185 Å². The van der Waals surface area contributed by atoms with Gasteiger partial charge in [-0.2, -0.15) is 0 Å². The van der Waals surface area contributed by atoms with Crippen LogP contribution in [0.15, 0.2) is 152 Å². The average Bonchev–Trinajstić information content (AvgIpc) is 3.25. The van der Waals surface area contributed by atoms with Crippen molar-refractivity contribution in [1.29, 1.82) is 0 Å². The summed E-state index contributed by atoms with van der Waals surface area (Å²) in [5.74, 6) is 0. The molecule has 0 amide bonds. The van der Waals surface area contributed by atoms with Crippen LogP contribution in [0.5, 0.6) is 0 Å². The SMILES string of the molecule is C(=C\c1ccccc1)/C1=C(c2ccccc2)C(c2ccccc2)(c2ccccc2)c2ccccc21. The number of benzene rings is 5. The molecular weight excluding hydrogens is 420 g/mol. The van der Waals surface area contributed by atoms with E-state index >= 15 is 0 Å². The predicted octanol–water partition coefficient (Wildman–Crippen LogP) is 8.66. The Balaban J connectivity index is 1.75. The smallest absolute Gasteiger partial charge is 0.0622 e. The molecule has 0 N–H and O–H groups in total. The summed E-state index contributed by atoms with van der Waals surface area (Å²) in [5, 5.41) is 0. The molecule has 35 heavy (non-hydrogen) atoms. The monoisotopic (exact) mass is 446 g/mol. The Hall–Kier alpha value is -4.42. The first-order chi connectivity index (χ1) is 17.4. The Morgan fingerprint density at radius 1 is 0.429 bits per heavy atom. The van der Waals surface area contributed by atoms with Gasteiger partial charge in [-0.1, -0.05) is 158 Å². The van der Waals surface area contributed by atoms with E-state index in [0.29, 0.717) is 0 Å². The summed E-state index contributed by atoms with van der Waals surface area (Å²) in [5.41, 5.74) is 9.77. The van der Waals surface area contributed by atoms with Gasteiger partial charge >= 0.3 is 0 Å². The minimum absolute atomic E-state index is 0.420. The van der Waals surface area contributed by atoms with E-state index < -0.39 is 5.41 Å². The van der Waals surface area contributed by atoms with Crippen LogP contribution in [0.3, 0.4) is 0 Å². The molecule has 1 aliphatic rings. The second-order valence-corrected chi connectivity index (χ2v) is 8.93. The summed E-state index contributed by atoms with van der Waals surface area (Å²) in [7, 11) is 0. The summed E-state index contributed by atoms with van der Waals surface area (Å²) >= 11 is 0. The number of rotatable bonds is 5. The standard InChI is InChI=1S/C35H26/c1-5-15-27(16-6-1)25-26-32-31-23-13-14-24-33(31)35(29-19-9-3-10-20-29,30-21-11-4-12-22-30)34(32)28-17-7-2-8-18-28/h1-26H/b26-25+. The highest BCUT2D eigenvalue weighted by molar-refractivity contribution is 6.09. The lowest BCUT2D eigenvalue weighted by Gasteiger charge is -2.36. The maximum atomic E-state index is 2.31. The van der Waals surface area contributed by atoms with Gasteiger partial charge < -0.3 is 0 Å². The first-order valence-corrected chi connectivity index (χ1v) is 12.1. The molecule has 0 saturated carbocycles. The van der Waals surface area contributed by atoms with Gasteiger partial charge in [0.25, 0.3) is 0 Å². The molecule has 166 valence electrons. The lowest BCUT2D eigenvalue weighted by atomic mass is 9.65. The topological polar surface area (TPSA) is 0 Å². The summed E-state index contributed by atoms with van der Waals surface area (Å²) < 4.78 is 0. The zero-order chi connectivity index (χ0) is 23.5. The number of hydrogen-bond acceptors (Lipinski definition) is 0. The van der Waals surface area contributed by atoms with E-state index in [-0.39, 0.29) is 0 Å². The fourth-order valence-electron chi connectivity index (χ4n) is 5.55. The first-order valence-electron chi connectivity index (χ1n) is 12.1. The summed E-state index contributed by atoms with van der Waals surface area (Å²) in [4.78, 5) is 0. The normalized spacial score (nSPS) is 14.3. The van der Waals surface area contributed by atoms with Crippen molar-refractivity contribution < 1.29 is 0 Å². The zero-order valence-corrected chi connectivity index (χ0v) is 19.5. The molecule has 0 radical (unpaired) electrons. The molecule has 0 saturated heterocycles. The second kappa shape index (κ2) is 9.08. The summed E-state index contributed by atoms with van der Waals surface area (Å²) in [6, 6.07) is 52.3. The van der Waals surface area contributed by atoms with Crippen molar-refractivity contribution in [3.8, 4) is 0 Å². The van der Waals surface area contributed by atoms with Crippen LogP contribution in [0, 0.1) is 0 Å². The van der Waals surface area contributed by atoms with Gasteiger partial charge in [-0.25, -0.2) is 0 Å². The Bertz CT molecular complexity index is 1450. The number of allylic oxidation sites excluding steroid dienone is 3. The van der Waals surface area contributed by atoms with Gasteiger partial charge in [0.15, 0.2) is 0 Å². The van der Waals surface area contributed by atoms with E-state index in [2.05, 4.69) is 158 Å². The number of fused-ring (bicyclic) bond motifs is 1. The molecule has 0 spiro atoms. The molecule has 0 nitrogen and oxygen atoms in total. The van der Waals surface area contributed by atoms with E-state index in [0.717, 1.165) is 0 Å². The molecule has 0 bridgehead atoms. The lowest BCUT2D eigenvalue weighted by Crippen LogP contribution is -2.29. The molecule has 0 aromatic heterocycles. The van der Waals surface area contributed by atoms with Crippen LogP contribution < -0.4 is 0 Å². The molecule has 6 rings (SSSR count). The Kier molecular flexibility index (Phi) is 5.48. The molecule has 0 heterocycles. The van der Waals surface area contributed by atoms with Crippen LogP contribution >= 0.6 is 0 Å². The highest BCUT2D eigenvalue weighted by Crippen LogP contribution is 2.58. The molecule has 5 aromatic rings. The Morgan fingerprint density at radius 3 is 1.51 bits per heavy atom. The molecule has 1 aliphatic carbocycles. The van der Waals surface area contributed by atoms with Crippen LogP contribution in [0.4, 0.5) is 0 Å². The van der Waals surface area contributed by atoms with Gasteiger partial charge in [-0.3, -0.25) is 0 Å². The third-order valence-corrected chi connectivity index (χ3v) is 6.98. The van der Waals surface area contributed by atoms with Crippen molar-refractivity contribution >= 4 is 17.2 Å². The van der Waals surface area contributed by atoms with E-state index in [1.807, 2.05) is 0 Å². The van der Waals surface area contributed by atoms with Gasteiger partial charge in [0.1, 0.15) is 0 Å². The molecular formula is C35H26. The molecule has 5 aromatic carbocycles.